The van der Waals surface area contributed by atoms with Crippen molar-refractivity contribution in [3.63, 3.8) is 0 Å². The van der Waals surface area contributed by atoms with Gasteiger partial charge >= 0.3 is 12.1 Å². The number of alkyl halides is 3. The third kappa shape index (κ3) is 3.64. The molecule has 2 atom stereocenters. The summed E-state index contributed by atoms with van der Waals surface area (Å²) in [6.45, 7) is 2.00. The average Bonchev–Trinajstić information content (AvgIpc) is 3.45. The Labute approximate surface area is 174 Å². The molecule has 0 aromatic carbocycles. The van der Waals surface area contributed by atoms with Crippen LogP contribution in [0.1, 0.15) is 30.4 Å². The van der Waals surface area contributed by atoms with Crippen LogP contribution in [-0.4, -0.2) is 38.4 Å². The zero-order valence-electron chi connectivity index (χ0n) is 16.5. The number of carbonyl (C=O) groups excluding carboxylic acids is 1. The maximum atomic E-state index is 13.0. The van der Waals surface area contributed by atoms with Gasteiger partial charge in [0.1, 0.15) is 11.2 Å². The quantitative estimate of drug-likeness (QED) is 0.435. The van der Waals surface area contributed by atoms with Crippen LogP contribution in [0.4, 0.5) is 13.2 Å². The molecule has 1 saturated carbocycles. The third-order valence-corrected chi connectivity index (χ3v) is 6.06. The molecule has 3 aromatic heterocycles. The summed E-state index contributed by atoms with van der Waals surface area (Å²) in [6, 6.07) is 2.98. The largest absolute Gasteiger partial charge is 0.469 e. The summed E-state index contributed by atoms with van der Waals surface area (Å²) >= 11 is 1.57. The van der Waals surface area contributed by atoms with Crippen LogP contribution in [0, 0.1) is 5.92 Å². The molecule has 3 aromatic rings. The van der Waals surface area contributed by atoms with Gasteiger partial charge in [0.25, 0.3) is 0 Å². The Morgan fingerprint density at radius 2 is 2.07 bits per heavy atom. The lowest BCUT2D eigenvalue weighted by Gasteiger charge is -2.10. The van der Waals surface area contributed by atoms with E-state index in [-0.39, 0.29) is 23.3 Å². The Morgan fingerprint density at radius 1 is 1.30 bits per heavy atom. The molecule has 1 fully saturated rings. The molecule has 0 saturated heterocycles. The molecular formula is C20H19F3N4O2S. The third-order valence-electron chi connectivity index (χ3n) is 5.14. The van der Waals surface area contributed by atoms with E-state index < -0.39 is 11.7 Å². The number of nitrogens with zero attached hydrogens (tertiary/aromatic N) is 4. The summed E-state index contributed by atoms with van der Waals surface area (Å²) in [6.07, 6.45) is -1.24. The molecule has 6 nitrogen and oxygen atoms in total. The number of methoxy groups -OCH3 is 1. The molecule has 1 aliphatic rings. The first-order valence-corrected chi connectivity index (χ1v) is 10.3. The van der Waals surface area contributed by atoms with Crippen LogP contribution in [0.25, 0.3) is 22.7 Å². The van der Waals surface area contributed by atoms with Gasteiger partial charge in [0.2, 0.25) is 0 Å². The van der Waals surface area contributed by atoms with Crippen LogP contribution < -0.4 is 0 Å². The summed E-state index contributed by atoms with van der Waals surface area (Å²) in [5.41, 5.74) is 1.20. The lowest BCUT2D eigenvalue weighted by molar-refractivity contribution is -0.142. The summed E-state index contributed by atoms with van der Waals surface area (Å²) in [5, 5.41) is 0. The summed E-state index contributed by atoms with van der Waals surface area (Å²) in [5.74, 6) is 0.925. The number of thioether (sulfide) groups is 1. The standard InChI is InChI=1S/C20H19F3N4O2S/c1-4-30-15-5-10(12-7-13(12)19(28)29-3)8-24-16(15)18-26-14-6-11(20(21,22)23)9-25-17(14)27(18)2/h5-6,8-9,12-13H,4,7H2,1-3H3/t12?,13-/m1/s1. The lowest BCUT2D eigenvalue weighted by Crippen LogP contribution is -2.05. The minimum atomic E-state index is -4.48. The van der Waals surface area contributed by atoms with Crippen LogP contribution in [0.15, 0.2) is 29.4 Å². The van der Waals surface area contributed by atoms with Gasteiger partial charge in [0.15, 0.2) is 11.5 Å². The second-order valence-electron chi connectivity index (χ2n) is 7.08. The molecule has 4 rings (SSSR count). The Bertz CT molecular complexity index is 1130. The van der Waals surface area contributed by atoms with Crippen molar-refractivity contribution in [1.82, 2.24) is 19.5 Å². The summed E-state index contributed by atoms with van der Waals surface area (Å²) in [4.78, 5) is 25.5. The highest BCUT2D eigenvalue weighted by Crippen LogP contribution is 2.49. The molecule has 10 heteroatoms. The van der Waals surface area contributed by atoms with Crippen LogP contribution in [0.3, 0.4) is 0 Å². The number of hydrogen-bond acceptors (Lipinski definition) is 6. The monoisotopic (exact) mass is 436 g/mol. The van der Waals surface area contributed by atoms with Gasteiger partial charge in [-0.2, -0.15) is 13.2 Å². The van der Waals surface area contributed by atoms with Gasteiger partial charge < -0.3 is 9.30 Å². The van der Waals surface area contributed by atoms with E-state index in [0.29, 0.717) is 17.2 Å². The molecule has 0 aliphatic heterocycles. The van der Waals surface area contributed by atoms with Gasteiger partial charge in [-0.25, -0.2) is 9.97 Å². The number of aromatic nitrogens is 4. The maximum absolute atomic E-state index is 13.0. The molecular weight excluding hydrogens is 417 g/mol. The fourth-order valence-electron chi connectivity index (χ4n) is 3.51. The zero-order chi connectivity index (χ0) is 21.6. The minimum Gasteiger partial charge on any atom is -0.469 e. The normalized spacial score (nSPS) is 18.6. The van der Waals surface area contributed by atoms with E-state index in [9.17, 15) is 18.0 Å². The topological polar surface area (TPSA) is 69.9 Å². The number of pyridine rings is 2. The average molecular weight is 436 g/mol. The number of ether oxygens (including phenoxy) is 1. The predicted octanol–water partition coefficient (Wildman–Crippen LogP) is 4.44. The van der Waals surface area contributed by atoms with Crippen molar-refractivity contribution >= 4 is 28.9 Å². The van der Waals surface area contributed by atoms with Crippen molar-refractivity contribution in [2.24, 2.45) is 13.0 Å². The Kier molecular flexibility index (Phi) is 5.21. The number of rotatable bonds is 5. The molecule has 1 aliphatic carbocycles. The van der Waals surface area contributed by atoms with Crippen molar-refractivity contribution in [1.29, 1.82) is 0 Å². The van der Waals surface area contributed by atoms with Crippen molar-refractivity contribution in [3.8, 4) is 11.5 Å². The second-order valence-corrected chi connectivity index (χ2v) is 8.39. The van der Waals surface area contributed by atoms with E-state index >= 15 is 0 Å². The van der Waals surface area contributed by atoms with Crippen LogP contribution in [0.5, 0.6) is 0 Å². The molecule has 30 heavy (non-hydrogen) atoms. The van der Waals surface area contributed by atoms with E-state index in [1.165, 1.54) is 7.11 Å². The number of hydrogen-bond donors (Lipinski definition) is 0. The lowest BCUT2D eigenvalue weighted by atomic mass is 10.1. The molecule has 1 unspecified atom stereocenters. The number of fused-ring (bicyclic) bond motifs is 1. The smallest absolute Gasteiger partial charge is 0.417 e. The van der Waals surface area contributed by atoms with Gasteiger partial charge in [0.05, 0.1) is 18.6 Å². The van der Waals surface area contributed by atoms with Crippen molar-refractivity contribution in [3.05, 3.63) is 35.7 Å². The highest BCUT2D eigenvalue weighted by Gasteiger charge is 2.45. The zero-order valence-corrected chi connectivity index (χ0v) is 17.3. The van der Waals surface area contributed by atoms with Crippen molar-refractivity contribution in [2.45, 2.75) is 30.3 Å². The van der Waals surface area contributed by atoms with Crippen LogP contribution in [0.2, 0.25) is 0 Å². The molecule has 0 N–H and O–H groups in total. The number of imidazole rings is 1. The Hall–Kier alpha value is -2.62. The second kappa shape index (κ2) is 7.57. The molecule has 0 bridgehead atoms. The summed E-state index contributed by atoms with van der Waals surface area (Å²) in [7, 11) is 3.08. The van der Waals surface area contributed by atoms with Gasteiger partial charge in [-0.3, -0.25) is 9.78 Å². The first-order chi connectivity index (χ1) is 14.2. The fraction of sp³-hybridized carbons (Fsp3) is 0.400. The highest BCUT2D eigenvalue weighted by atomic mass is 32.2. The Balaban J connectivity index is 1.75. The first kappa shape index (κ1) is 20.6. The van der Waals surface area contributed by atoms with E-state index in [1.54, 1.807) is 29.6 Å². The number of esters is 1. The summed E-state index contributed by atoms with van der Waals surface area (Å²) < 4.78 is 45.5. The van der Waals surface area contributed by atoms with E-state index in [1.807, 2.05) is 13.0 Å². The molecule has 0 amide bonds. The highest BCUT2D eigenvalue weighted by molar-refractivity contribution is 7.99. The number of aryl methyl sites for hydroxylation is 1. The van der Waals surface area contributed by atoms with Crippen LogP contribution >= 0.6 is 11.8 Å². The van der Waals surface area contributed by atoms with Crippen LogP contribution in [-0.2, 0) is 22.8 Å². The Morgan fingerprint density at radius 3 is 2.73 bits per heavy atom. The minimum absolute atomic E-state index is 0.0756. The number of carbonyl (C=O) groups is 1. The van der Waals surface area contributed by atoms with Gasteiger partial charge in [-0.15, -0.1) is 11.8 Å². The molecule has 0 spiro atoms. The van der Waals surface area contributed by atoms with Gasteiger partial charge in [-0.1, -0.05) is 6.92 Å². The van der Waals surface area contributed by atoms with E-state index in [2.05, 4.69) is 15.0 Å². The van der Waals surface area contributed by atoms with Gasteiger partial charge in [0, 0.05) is 24.3 Å². The molecule has 158 valence electrons. The van der Waals surface area contributed by atoms with Crippen molar-refractivity contribution < 1.29 is 22.7 Å². The SMILES string of the molecule is CCSc1cc(C2C[C@H]2C(=O)OC)cnc1-c1nc2cc(C(F)(F)F)cnc2n1C. The molecule has 0 radical (unpaired) electrons. The van der Waals surface area contributed by atoms with Gasteiger partial charge in [-0.05, 0) is 35.8 Å². The molecule has 3 heterocycles. The first-order valence-electron chi connectivity index (χ1n) is 9.35. The number of halogens is 3. The van der Waals surface area contributed by atoms with E-state index in [4.69, 9.17) is 4.74 Å². The fourth-order valence-corrected chi connectivity index (χ4v) is 4.33. The maximum Gasteiger partial charge on any atom is 0.417 e. The predicted molar refractivity (Wildman–Crippen MR) is 106 cm³/mol. The van der Waals surface area contributed by atoms with E-state index in [0.717, 1.165) is 34.9 Å². The van der Waals surface area contributed by atoms with Crippen molar-refractivity contribution in [2.75, 3.05) is 12.9 Å².